The maximum absolute atomic E-state index is 11.1. The molecule has 0 amide bonds. The Bertz CT molecular complexity index is 452. The number of hydrogen-bond acceptors (Lipinski definition) is 6. The molecule has 0 bridgehead atoms. The first-order valence-electron chi connectivity index (χ1n) is 4.97. The van der Waals surface area contributed by atoms with Gasteiger partial charge in [-0.1, -0.05) is 6.07 Å². The number of carbonyl (C=O) groups excluding carboxylic acids is 1. The summed E-state index contributed by atoms with van der Waals surface area (Å²) in [6.45, 7) is 0.0686. The van der Waals surface area contributed by atoms with Gasteiger partial charge in [0.1, 0.15) is 6.51 Å². The van der Waals surface area contributed by atoms with E-state index in [4.69, 9.17) is 14.1 Å². The topological polar surface area (TPSA) is 88.1 Å². The first-order valence-corrected chi connectivity index (χ1v) is 4.97. The normalized spacial score (nSPS) is 12.9. The number of fused-ring (bicyclic) bond motifs is 1. The Hall–Kier alpha value is -0.725. The van der Waals surface area contributed by atoms with Crippen LogP contribution in [-0.2, 0) is 11.3 Å². The van der Waals surface area contributed by atoms with Crippen LogP contribution in [0.4, 0.5) is 0 Å². The van der Waals surface area contributed by atoms with Gasteiger partial charge in [-0.05, 0) is 11.6 Å². The van der Waals surface area contributed by atoms with E-state index in [1.807, 2.05) is 0 Å². The van der Waals surface area contributed by atoms with Crippen LogP contribution in [0.2, 0.25) is 0 Å². The Kier molecular flexibility index (Phi) is 5.49. The molecular formula is C10H10BNaO6. The molecule has 2 rings (SSSR count). The van der Waals surface area contributed by atoms with Crippen LogP contribution in [0.5, 0.6) is 11.5 Å². The molecule has 0 atom stereocenters. The van der Waals surface area contributed by atoms with Crippen molar-refractivity contribution in [2.45, 2.75) is 6.61 Å². The van der Waals surface area contributed by atoms with Gasteiger partial charge >= 0.3 is 36.7 Å². The maximum Gasteiger partial charge on any atom is 1.00 e. The number of rotatable bonds is 3. The van der Waals surface area contributed by atoms with E-state index < -0.39 is 13.1 Å². The van der Waals surface area contributed by atoms with E-state index in [2.05, 4.69) is 0 Å². The second kappa shape index (κ2) is 6.44. The van der Waals surface area contributed by atoms with Crippen LogP contribution in [0.15, 0.2) is 12.1 Å². The third-order valence-electron chi connectivity index (χ3n) is 2.35. The minimum atomic E-state index is -1.40. The van der Waals surface area contributed by atoms with Crippen LogP contribution >= 0.6 is 0 Å². The summed E-state index contributed by atoms with van der Waals surface area (Å²) in [5.74, 6) is -1.14. The number of aromatic carboxylic acids is 1. The molecule has 1 N–H and O–H groups in total. The smallest absolute Gasteiger partial charge is 0.545 e. The number of methoxy groups -OCH3 is 1. The van der Waals surface area contributed by atoms with Gasteiger partial charge in [0.15, 0.2) is 11.5 Å². The van der Waals surface area contributed by atoms with E-state index in [1.54, 1.807) is 12.1 Å². The zero-order valence-electron chi connectivity index (χ0n) is 10.1. The Labute approximate surface area is 126 Å². The van der Waals surface area contributed by atoms with E-state index in [0.717, 1.165) is 0 Å². The van der Waals surface area contributed by atoms with Crippen LogP contribution in [0.1, 0.15) is 15.9 Å². The van der Waals surface area contributed by atoms with E-state index in [0.29, 0.717) is 5.56 Å². The molecule has 0 spiro atoms. The zero-order chi connectivity index (χ0) is 12.4. The molecule has 18 heavy (non-hydrogen) atoms. The summed E-state index contributed by atoms with van der Waals surface area (Å²) in [7, 11) is 0.267. The number of hydrogen-bond donors (Lipinski definition) is 1. The summed E-state index contributed by atoms with van der Waals surface area (Å²) >= 11 is 0. The molecule has 0 fully saturated rings. The van der Waals surface area contributed by atoms with Crippen LogP contribution in [0, 0.1) is 0 Å². The number of carbonyl (C=O) groups is 1. The van der Waals surface area contributed by atoms with E-state index in [1.165, 1.54) is 7.11 Å². The molecule has 8 heteroatoms. The second-order valence-corrected chi connectivity index (χ2v) is 3.53. The van der Waals surface area contributed by atoms with Gasteiger partial charge in [-0.2, -0.15) is 0 Å². The molecule has 0 aromatic heterocycles. The van der Waals surface area contributed by atoms with E-state index in [-0.39, 0.29) is 59.7 Å². The minimum Gasteiger partial charge on any atom is -0.545 e. The van der Waals surface area contributed by atoms with Crippen molar-refractivity contribution in [3.05, 3.63) is 23.3 Å². The van der Waals surface area contributed by atoms with Crippen LogP contribution in [0.25, 0.3) is 0 Å². The van der Waals surface area contributed by atoms with E-state index in [9.17, 15) is 14.9 Å². The third-order valence-corrected chi connectivity index (χ3v) is 2.35. The van der Waals surface area contributed by atoms with Crippen LogP contribution < -0.4 is 44.1 Å². The molecule has 1 aliphatic rings. The fraction of sp³-hybridized carbons (Fsp3) is 0.300. The number of carboxylic acid groups (broad SMARTS) is 1. The molecular weight excluding hydrogens is 250 g/mol. The molecule has 6 nitrogen and oxygen atoms in total. The monoisotopic (exact) mass is 260 g/mol. The van der Waals surface area contributed by atoms with Gasteiger partial charge in [0, 0.05) is 12.7 Å². The number of ether oxygens (including phenoxy) is 2. The van der Waals surface area contributed by atoms with Gasteiger partial charge in [-0.25, -0.2) is 0 Å². The molecule has 0 aliphatic carbocycles. The quantitative estimate of drug-likeness (QED) is 0.557. The Balaban J connectivity index is 0.00000162. The summed E-state index contributed by atoms with van der Waals surface area (Å²) in [4.78, 5) is 11.1. The van der Waals surface area contributed by atoms with Crippen LogP contribution in [0.3, 0.4) is 0 Å². The molecule has 1 aromatic carbocycles. The van der Waals surface area contributed by atoms with Crippen molar-refractivity contribution < 1.29 is 58.6 Å². The second-order valence-electron chi connectivity index (χ2n) is 3.53. The molecule has 0 radical (unpaired) electrons. The summed E-state index contributed by atoms with van der Waals surface area (Å²) < 4.78 is 15.1. The van der Waals surface area contributed by atoms with Crippen molar-refractivity contribution in [1.29, 1.82) is 0 Å². The van der Waals surface area contributed by atoms with Crippen molar-refractivity contribution >= 4 is 13.1 Å². The van der Waals surface area contributed by atoms with Crippen molar-refractivity contribution in [2.75, 3.05) is 13.6 Å². The van der Waals surface area contributed by atoms with E-state index >= 15 is 0 Å². The fourth-order valence-electron chi connectivity index (χ4n) is 1.67. The summed E-state index contributed by atoms with van der Waals surface area (Å²) in [6.07, 6.45) is 0. The number of carboxylic acids is 1. The minimum absolute atomic E-state index is 0. The SMILES string of the molecule is COCc1ccc2c(c1C(=O)[O-])OB(O)CO2.[Na+]. The van der Waals surface area contributed by atoms with Gasteiger partial charge in [0.25, 0.3) is 0 Å². The van der Waals surface area contributed by atoms with Gasteiger partial charge < -0.3 is 29.1 Å². The summed E-state index contributed by atoms with van der Waals surface area (Å²) in [5.41, 5.74) is 0.257. The maximum atomic E-state index is 11.1. The summed E-state index contributed by atoms with van der Waals surface area (Å²) in [5, 5.41) is 20.4. The van der Waals surface area contributed by atoms with Gasteiger partial charge in [-0.15, -0.1) is 0 Å². The molecule has 0 unspecified atom stereocenters. The van der Waals surface area contributed by atoms with Crippen molar-refractivity contribution in [1.82, 2.24) is 0 Å². The molecule has 90 valence electrons. The Morgan fingerprint density at radius 1 is 1.61 bits per heavy atom. The summed E-state index contributed by atoms with van der Waals surface area (Å²) in [6, 6.07) is 3.14. The molecule has 1 aromatic rings. The predicted octanol–water partition coefficient (Wildman–Crippen LogP) is -4.01. The average molecular weight is 260 g/mol. The average Bonchev–Trinajstić information content (AvgIpc) is 2.28. The first-order chi connectivity index (χ1) is 8.13. The first kappa shape index (κ1) is 15.3. The van der Waals surface area contributed by atoms with Gasteiger partial charge in [0.05, 0.1) is 12.6 Å². The largest absolute Gasteiger partial charge is 1.00 e. The molecule has 0 saturated heterocycles. The third kappa shape index (κ3) is 2.99. The molecule has 1 heterocycles. The van der Waals surface area contributed by atoms with Gasteiger partial charge in [0.2, 0.25) is 0 Å². The van der Waals surface area contributed by atoms with Crippen LogP contribution in [-0.4, -0.2) is 31.7 Å². The van der Waals surface area contributed by atoms with Crippen molar-refractivity contribution in [3.8, 4) is 11.5 Å². The molecule has 1 aliphatic heterocycles. The van der Waals surface area contributed by atoms with Gasteiger partial charge in [-0.3, -0.25) is 0 Å². The Morgan fingerprint density at radius 2 is 2.33 bits per heavy atom. The zero-order valence-corrected chi connectivity index (χ0v) is 12.1. The predicted molar refractivity (Wildman–Crippen MR) is 55.6 cm³/mol. The number of benzene rings is 1. The Morgan fingerprint density at radius 3 is 2.94 bits per heavy atom. The van der Waals surface area contributed by atoms with Crippen molar-refractivity contribution in [3.63, 3.8) is 0 Å². The standard InChI is InChI=1S/C10H11BO6.Na/c1-15-4-6-2-3-7-9(8(6)10(12)13)17-11(14)5-16-7;/h2-3,14H,4-5H2,1H3,(H,12,13);/q;+1/p-1. The molecule has 0 saturated carbocycles. The fourth-order valence-corrected chi connectivity index (χ4v) is 1.67. The van der Waals surface area contributed by atoms with Crippen molar-refractivity contribution in [2.24, 2.45) is 0 Å².